The molecule has 0 aliphatic carbocycles. The number of aromatic carboxylic acids is 1. The second-order valence-corrected chi connectivity index (χ2v) is 8.61. The first-order valence-corrected chi connectivity index (χ1v) is 11.6. The number of fused-ring (bicyclic) bond motifs is 1. The van der Waals surface area contributed by atoms with E-state index >= 15 is 0 Å². The standard InChI is InChI=1S/C29H24N4O3/c1-18-23(28(34)30-19(2)20-8-4-3-5-9-20)16-17-26-27(18)31-32-33(26)22-14-12-21(13-15-22)24-10-6-7-11-25(24)29(35)36/h3-17,19H,1-2H3,(H,30,34)(H,35,36)/t19-/m0/s1. The molecule has 2 N–H and O–H groups in total. The van der Waals surface area contributed by atoms with Crippen molar-refractivity contribution in [2.24, 2.45) is 0 Å². The van der Waals surface area contributed by atoms with Crippen LogP contribution >= 0.6 is 0 Å². The summed E-state index contributed by atoms with van der Waals surface area (Å²) in [5.74, 6) is -1.13. The number of rotatable bonds is 6. The summed E-state index contributed by atoms with van der Waals surface area (Å²) in [6.45, 7) is 3.82. The van der Waals surface area contributed by atoms with E-state index in [4.69, 9.17) is 0 Å². The molecule has 1 aromatic heterocycles. The van der Waals surface area contributed by atoms with Crippen LogP contribution in [0.4, 0.5) is 0 Å². The van der Waals surface area contributed by atoms with Crippen molar-refractivity contribution in [2.45, 2.75) is 19.9 Å². The number of hydrogen-bond donors (Lipinski definition) is 2. The second-order valence-electron chi connectivity index (χ2n) is 8.61. The molecule has 0 bridgehead atoms. The summed E-state index contributed by atoms with van der Waals surface area (Å²) in [5.41, 5.74) is 6.24. The topological polar surface area (TPSA) is 97.1 Å². The molecular weight excluding hydrogens is 452 g/mol. The summed E-state index contributed by atoms with van der Waals surface area (Å²) in [5, 5.41) is 21.2. The van der Waals surface area contributed by atoms with Crippen molar-refractivity contribution in [3.8, 4) is 16.8 Å². The first-order chi connectivity index (χ1) is 17.4. The van der Waals surface area contributed by atoms with Gasteiger partial charge in [-0.15, -0.1) is 5.10 Å². The Morgan fingerprint density at radius 1 is 0.861 bits per heavy atom. The maximum absolute atomic E-state index is 13.0. The van der Waals surface area contributed by atoms with E-state index in [-0.39, 0.29) is 17.5 Å². The molecular formula is C29H24N4O3. The Morgan fingerprint density at radius 3 is 2.28 bits per heavy atom. The Balaban J connectivity index is 1.43. The molecule has 36 heavy (non-hydrogen) atoms. The molecule has 1 atom stereocenters. The lowest BCUT2D eigenvalue weighted by Gasteiger charge is -2.15. The summed E-state index contributed by atoms with van der Waals surface area (Å²) >= 11 is 0. The molecule has 0 saturated heterocycles. The van der Waals surface area contributed by atoms with E-state index in [1.807, 2.05) is 80.6 Å². The van der Waals surface area contributed by atoms with Crippen LogP contribution in [0.25, 0.3) is 27.8 Å². The van der Waals surface area contributed by atoms with E-state index in [0.29, 0.717) is 16.6 Å². The summed E-state index contributed by atoms with van der Waals surface area (Å²) in [6.07, 6.45) is 0. The van der Waals surface area contributed by atoms with E-state index in [0.717, 1.165) is 27.9 Å². The number of nitrogens with one attached hydrogen (secondary N) is 1. The van der Waals surface area contributed by atoms with Gasteiger partial charge in [-0.05, 0) is 66.4 Å². The second kappa shape index (κ2) is 9.46. The first-order valence-electron chi connectivity index (χ1n) is 11.6. The highest BCUT2D eigenvalue weighted by Crippen LogP contribution is 2.27. The van der Waals surface area contributed by atoms with E-state index < -0.39 is 5.97 Å². The first kappa shape index (κ1) is 23.0. The van der Waals surface area contributed by atoms with Crippen LogP contribution in [0.2, 0.25) is 0 Å². The van der Waals surface area contributed by atoms with Gasteiger partial charge in [0, 0.05) is 5.56 Å². The molecule has 0 spiro atoms. The minimum absolute atomic E-state index is 0.130. The van der Waals surface area contributed by atoms with Gasteiger partial charge in [0.25, 0.3) is 5.91 Å². The smallest absolute Gasteiger partial charge is 0.336 e. The molecule has 0 aliphatic rings. The highest BCUT2D eigenvalue weighted by atomic mass is 16.4. The van der Waals surface area contributed by atoms with Crippen LogP contribution in [0.1, 0.15) is 44.8 Å². The van der Waals surface area contributed by atoms with Crippen molar-refractivity contribution in [1.29, 1.82) is 0 Å². The monoisotopic (exact) mass is 476 g/mol. The van der Waals surface area contributed by atoms with Crippen molar-refractivity contribution in [3.63, 3.8) is 0 Å². The SMILES string of the molecule is Cc1c(C(=O)N[C@@H](C)c2ccccc2)ccc2c1nnn2-c1ccc(-c2ccccc2C(=O)O)cc1. The molecule has 1 amide bonds. The Kier molecular flexibility index (Phi) is 6.04. The normalized spacial score (nSPS) is 11.8. The molecule has 5 rings (SSSR count). The van der Waals surface area contributed by atoms with Crippen molar-refractivity contribution < 1.29 is 14.7 Å². The number of carbonyl (C=O) groups excluding carboxylic acids is 1. The molecule has 4 aromatic carbocycles. The van der Waals surface area contributed by atoms with Gasteiger partial charge in [-0.1, -0.05) is 65.9 Å². The van der Waals surface area contributed by atoms with E-state index in [9.17, 15) is 14.7 Å². The number of nitrogens with zero attached hydrogens (tertiary/aromatic N) is 3. The van der Waals surface area contributed by atoms with Crippen molar-refractivity contribution >= 4 is 22.9 Å². The highest BCUT2D eigenvalue weighted by molar-refractivity contribution is 6.00. The predicted octanol–water partition coefficient (Wildman–Crippen LogP) is 5.59. The summed E-state index contributed by atoms with van der Waals surface area (Å²) < 4.78 is 1.71. The number of aromatic nitrogens is 3. The average Bonchev–Trinajstić information content (AvgIpc) is 3.34. The van der Waals surface area contributed by atoms with Gasteiger partial charge in [0.1, 0.15) is 5.52 Å². The number of carbonyl (C=O) groups is 2. The average molecular weight is 477 g/mol. The molecule has 0 unspecified atom stereocenters. The van der Waals surface area contributed by atoms with Crippen molar-refractivity contribution in [3.05, 3.63) is 113 Å². The fraction of sp³-hybridized carbons (Fsp3) is 0.103. The van der Waals surface area contributed by atoms with E-state index in [1.165, 1.54) is 0 Å². The van der Waals surface area contributed by atoms with Gasteiger partial charge < -0.3 is 10.4 Å². The number of benzene rings is 4. The van der Waals surface area contributed by atoms with Gasteiger partial charge in [-0.25, -0.2) is 9.48 Å². The van der Waals surface area contributed by atoms with Gasteiger partial charge in [0.05, 0.1) is 22.8 Å². The molecule has 1 heterocycles. The third-order valence-corrected chi connectivity index (χ3v) is 6.34. The van der Waals surface area contributed by atoms with Gasteiger partial charge >= 0.3 is 5.97 Å². The van der Waals surface area contributed by atoms with Crippen LogP contribution < -0.4 is 5.32 Å². The molecule has 0 fully saturated rings. The fourth-order valence-electron chi connectivity index (χ4n) is 4.36. The van der Waals surface area contributed by atoms with Crippen LogP contribution in [-0.4, -0.2) is 32.0 Å². The third kappa shape index (κ3) is 4.22. The lowest BCUT2D eigenvalue weighted by Crippen LogP contribution is -2.27. The number of hydrogen-bond acceptors (Lipinski definition) is 4. The zero-order chi connectivity index (χ0) is 25.2. The quantitative estimate of drug-likeness (QED) is 0.333. The van der Waals surface area contributed by atoms with Crippen molar-refractivity contribution in [2.75, 3.05) is 0 Å². The van der Waals surface area contributed by atoms with Crippen molar-refractivity contribution in [1.82, 2.24) is 20.3 Å². The Labute approximate surface area is 208 Å². The maximum Gasteiger partial charge on any atom is 0.336 e. The largest absolute Gasteiger partial charge is 0.478 e. The van der Waals surface area contributed by atoms with Crippen LogP contribution in [0.3, 0.4) is 0 Å². The Hall–Kier alpha value is -4.78. The van der Waals surface area contributed by atoms with Crippen LogP contribution in [0, 0.1) is 6.92 Å². The lowest BCUT2D eigenvalue weighted by molar-refractivity contribution is 0.0697. The third-order valence-electron chi connectivity index (χ3n) is 6.34. The maximum atomic E-state index is 13.0. The predicted molar refractivity (Wildman–Crippen MR) is 138 cm³/mol. The van der Waals surface area contributed by atoms with Crippen LogP contribution in [0.5, 0.6) is 0 Å². The van der Waals surface area contributed by atoms with Crippen LogP contribution in [-0.2, 0) is 0 Å². The zero-order valence-electron chi connectivity index (χ0n) is 19.8. The molecule has 5 aromatic rings. The fourth-order valence-corrected chi connectivity index (χ4v) is 4.36. The van der Waals surface area contributed by atoms with Crippen LogP contribution in [0.15, 0.2) is 91.0 Å². The minimum Gasteiger partial charge on any atom is -0.478 e. The van der Waals surface area contributed by atoms with E-state index in [2.05, 4.69) is 15.6 Å². The Morgan fingerprint density at radius 2 is 1.56 bits per heavy atom. The molecule has 7 heteroatoms. The lowest BCUT2D eigenvalue weighted by atomic mass is 9.99. The zero-order valence-corrected chi connectivity index (χ0v) is 19.8. The molecule has 0 aliphatic heterocycles. The minimum atomic E-state index is -0.967. The number of aryl methyl sites for hydroxylation is 1. The number of carboxylic acids is 1. The highest BCUT2D eigenvalue weighted by Gasteiger charge is 2.18. The van der Waals surface area contributed by atoms with E-state index in [1.54, 1.807) is 28.9 Å². The summed E-state index contributed by atoms with van der Waals surface area (Å²) in [6, 6.07) is 27.7. The molecule has 178 valence electrons. The summed E-state index contributed by atoms with van der Waals surface area (Å²) in [7, 11) is 0. The molecule has 7 nitrogen and oxygen atoms in total. The summed E-state index contributed by atoms with van der Waals surface area (Å²) in [4.78, 5) is 24.6. The number of carboxylic acid groups (broad SMARTS) is 1. The molecule has 0 saturated carbocycles. The number of amides is 1. The van der Waals surface area contributed by atoms with Gasteiger partial charge in [-0.3, -0.25) is 4.79 Å². The van der Waals surface area contributed by atoms with Gasteiger partial charge in [0.2, 0.25) is 0 Å². The molecule has 0 radical (unpaired) electrons. The van der Waals surface area contributed by atoms with Gasteiger partial charge in [-0.2, -0.15) is 0 Å². The van der Waals surface area contributed by atoms with Gasteiger partial charge in [0.15, 0.2) is 0 Å². The Bertz CT molecular complexity index is 1570.